The molecular formula is C21H40N6O3Si. The van der Waals surface area contributed by atoms with E-state index in [2.05, 4.69) is 35.0 Å². The number of nitrogens with two attached hydrogens (primary N) is 1. The van der Waals surface area contributed by atoms with Crippen LogP contribution >= 0.6 is 0 Å². The number of hydrogen-bond acceptors (Lipinski definition) is 6. The van der Waals surface area contributed by atoms with Gasteiger partial charge in [0.25, 0.3) is 0 Å². The number of rotatable bonds is 7. The van der Waals surface area contributed by atoms with Gasteiger partial charge in [-0.2, -0.15) is 5.10 Å². The third kappa shape index (κ3) is 8.17. The molecule has 1 aliphatic rings. The van der Waals surface area contributed by atoms with Crippen molar-refractivity contribution >= 4 is 25.8 Å². The first-order chi connectivity index (χ1) is 14.4. The van der Waals surface area contributed by atoms with Gasteiger partial charge in [0.15, 0.2) is 0 Å². The number of ether oxygens (including phenoxy) is 2. The Hall–Kier alpha value is -2.07. The minimum Gasteiger partial charge on any atom is -0.444 e. The van der Waals surface area contributed by atoms with Crippen molar-refractivity contribution in [1.82, 2.24) is 20.0 Å². The summed E-state index contributed by atoms with van der Waals surface area (Å²) in [6, 6.07) is 1.16. The molecule has 0 aromatic carbocycles. The van der Waals surface area contributed by atoms with E-state index in [-0.39, 0.29) is 12.1 Å². The summed E-state index contributed by atoms with van der Waals surface area (Å²) in [6.45, 7) is 14.9. The zero-order valence-corrected chi connectivity index (χ0v) is 21.2. The number of carbonyl (C=O) groups is 1. The van der Waals surface area contributed by atoms with Crippen molar-refractivity contribution in [1.29, 1.82) is 0 Å². The molecule has 2 heterocycles. The lowest BCUT2D eigenvalue weighted by Gasteiger charge is -2.35. The van der Waals surface area contributed by atoms with Gasteiger partial charge in [0.1, 0.15) is 24.0 Å². The van der Waals surface area contributed by atoms with E-state index in [0.717, 1.165) is 24.4 Å². The maximum Gasteiger partial charge on any atom is 0.410 e. The highest BCUT2D eigenvalue weighted by Gasteiger charge is 2.28. The lowest BCUT2D eigenvalue weighted by Crippen LogP contribution is -2.50. The minimum absolute atomic E-state index is 0.0655. The van der Waals surface area contributed by atoms with Crippen LogP contribution in [0.1, 0.15) is 39.2 Å². The van der Waals surface area contributed by atoms with Crippen LogP contribution in [0.5, 0.6) is 0 Å². The van der Waals surface area contributed by atoms with Gasteiger partial charge in [0.05, 0.1) is 11.8 Å². The molecule has 1 aromatic rings. The number of carbonyl (C=O) groups excluding carboxylic acids is 1. The standard InChI is InChI=1S/C21H40N6O3Si/c1-21(2,3)30-20(28)26-10-8-9-16(14-26)25-19(23-4)17-13-24-27(18(17)22)15-29-11-12-31(5,6)7/h13,16H,8-12,14-15,22H2,1-7H3,(H,23,25)/t16-/m1/s1. The molecule has 0 aliphatic carbocycles. The van der Waals surface area contributed by atoms with E-state index in [1.807, 2.05) is 20.8 Å². The highest BCUT2D eigenvalue weighted by Crippen LogP contribution is 2.18. The van der Waals surface area contributed by atoms with Crippen molar-refractivity contribution in [2.75, 3.05) is 32.5 Å². The predicted octanol–water partition coefficient (Wildman–Crippen LogP) is 3.14. The van der Waals surface area contributed by atoms with Crippen LogP contribution < -0.4 is 11.1 Å². The zero-order valence-electron chi connectivity index (χ0n) is 20.2. The SMILES string of the molecule is CN=C(N[C@@H]1CCCN(C(=O)OC(C)(C)C)C1)c1cnn(COCC[Si](C)(C)C)c1N. The van der Waals surface area contributed by atoms with Gasteiger partial charge in [-0.3, -0.25) is 4.99 Å². The highest BCUT2D eigenvalue weighted by atomic mass is 28.3. The molecule has 1 aliphatic heterocycles. The van der Waals surface area contributed by atoms with Gasteiger partial charge in [-0.05, 0) is 39.7 Å². The maximum atomic E-state index is 12.4. The number of anilines is 1. The third-order valence-corrected chi connectivity index (χ3v) is 6.69. The molecule has 1 saturated heterocycles. The van der Waals surface area contributed by atoms with Crippen molar-refractivity contribution in [3.63, 3.8) is 0 Å². The minimum atomic E-state index is -1.13. The van der Waals surface area contributed by atoms with Crippen LogP contribution in [0.25, 0.3) is 0 Å². The fraction of sp³-hybridized carbons (Fsp3) is 0.762. The van der Waals surface area contributed by atoms with Crippen LogP contribution in [0.3, 0.4) is 0 Å². The smallest absolute Gasteiger partial charge is 0.410 e. The first-order valence-electron chi connectivity index (χ1n) is 11.0. The quantitative estimate of drug-likeness (QED) is 0.285. The van der Waals surface area contributed by atoms with Crippen molar-refractivity contribution < 1.29 is 14.3 Å². The highest BCUT2D eigenvalue weighted by molar-refractivity contribution is 6.76. The molecule has 0 radical (unpaired) electrons. The predicted molar refractivity (Wildman–Crippen MR) is 127 cm³/mol. The monoisotopic (exact) mass is 452 g/mol. The number of hydrogen-bond donors (Lipinski definition) is 2. The van der Waals surface area contributed by atoms with E-state index in [9.17, 15) is 4.79 Å². The molecule has 1 amide bonds. The lowest BCUT2D eigenvalue weighted by atomic mass is 10.1. The van der Waals surface area contributed by atoms with E-state index in [4.69, 9.17) is 15.2 Å². The summed E-state index contributed by atoms with van der Waals surface area (Å²) in [5.41, 5.74) is 6.56. The number of amides is 1. The normalized spacial score (nSPS) is 18.2. The van der Waals surface area contributed by atoms with Crippen LogP contribution in [0.4, 0.5) is 10.6 Å². The van der Waals surface area contributed by atoms with Crippen molar-refractivity contribution in [2.24, 2.45) is 4.99 Å². The molecule has 31 heavy (non-hydrogen) atoms. The number of amidine groups is 1. The summed E-state index contributed by atoms with van der Waals surface area (Å²) in [5, 5.41) is 7.81. The van der Waals surface area contributed by atoms with Crippen LogP contribution in [-0.4, -0.2) is 73.1 Å². The third-order valence-electron chi connectivity index (χ3n) is 4.98. The molecule has 9 nitrogen and oxygen atoms in total. The van der Waals surface area contributed by atoms with Gasteiger partial charge in [0.2, 0.25) is 0 Å². The van der Waals surface area contributed by atoms with Crippen molar-refractivity contribution in [2.45, 2.75) is 77.7 Å². The number of piperidine rings is 1. The summed E-state index contributed by atoms with van der Waals surface area (Å²) in [7, 11) is 0.589. The van der Waals surface area contributed by atoms with E-state index in [0.29, 0.717) is 38.1 Å². The van der Waals surface area contributed by atoms with Crippen LogP contribution in [0, 0.1) is 0 Å². The summed E-state index contributed by atoms with van der Waals surface area (Å²) in [5.74, 6) is 1.18. The molecule has 0 unspecified atom stereocenters. The van der Waals surface area contributed by atoms with E-state index in [1.165, 1.54) is 0 Å². The lowest BCUT2D eigenvalue weighted by molar-refractivity contribution is 0.0194. The van der Waals surface area contributed by atoms with Gasteiger partial charge in [-0.1, -0.05) is 19.6 Å². The second kappa shape index (κ2) is 10.5. The summed E-state index contributed by atoms with van der Waals surface area (Å²) >= 11 is 0. The molecule has 2 rings (SSSR count). The van der Waals surface area contributed by atoms with E-state index >= 15 is 0 Å². The molecule has 0 spiro atoms. The molecule has 1 fully saturated rings. The number of aliphatic imine (C=N–C) groups is 1. The average molecular weight is 453 g/mol. The van der Waals surface area contributed by atoms with E-state index < -0.39 is 13.7 Å². The number of nitrogen functional groups attached to an aromatic ring is 1. The molecule has 0 bridgehead atoms. The summed E-state index contributed by atoms with van der Waals surface area (Å²) in [4.78, 5) is 18.6. The fourth-order valence-corrected chi connectivity index (χ4v) is 4.01. The molecule has 1 aromatic heterocycles. The van der Waals surface area contributed by atoms with Crippen molar-refractivity contribution in [3.05, 3.63) is 11.8 Å². The first kappa shape index (κ1) is 25.2. The largest absolute Gasteiger partial charge is 0.444 e. The summed E-state index contributed by atoms with van der Waals surface area (Å²) < 4.78 is 12.9. The fourth-order valence-electron chi connectivity index (χ4n) is 3.25. The number of nitrogens with zero attached hydrogens (tertiary/aromatic N) is 4. The second-order valence-corrected chi connectivity index (χ2v) is 15.9. The zero-order chi connectivity index (χ0) is 23.2. The van der Waals surface area contributed by atoms with E-state index in [1.54, 1.807) is 22.8 Å². The Labute approximate surface area is 187 Å². The molecule has 176 valence electrons. The Morgan fingerprint density at radius 3 is 2.71 bits per heavy atom. The molecule has 0 saturated carbocycles. The topological polar surface area (TPSA) is 107 Å². The number of nitrogens with one attached hydrogen (secondary N) is 1. The van der Waals surface area contributed by atoms with Crippen LogP contribution in [-0.2, 0) is 16.2 Å². The Morgan fingerprint density at radius 2 is 2.10 bits per heavy atom. The number of aromatic nitrogens is 2. The molecule has 3 N–H and O–H groups in total. The first-order valence-corrected chi connectivity index (χ1v) is 14.7. The average Bonchev–Trinajstić information content (AvgIpc) is 3.02. The van der Waals surface area contributed by atoms with Gasteiger partial charge in [-0.25, -0.2) is 9.48 Å². The van der Waals surface area contributed by atoms with Gasteiger partial charge in [-0.15, -0.1) is 0 Å². The Balaban J connectivity index is 1.95. The van der Waals surface area contributed by atoms with Gasteiger partial charge < -0.3 is 25.4 Å². The Morgan fingerprint density at radius 1 is 1.39 bits per heavy atom. The molecule has 10 heteroatoms. The van der Waals surface area contributed by atoms with Crippen molar-refractivity contribution in [3.8, 4) is 0 Å². The maximum absolute atomic E-state index is 12.4. The number of likely N-dealkylation sites (tertiary alicyclic amines) is 1. The molecule has 1 atom stereocenters. The molecular weight excluding hydrogens is 412 g/mol. The summed E-state index contributed by atoms with van der Waals surface area (Å²) in [6.07, 6.45) is 3.26. The van der Waals surface area contributed by atoms with Crippen LogP contribution in [0.2, 0.25) is 25.7 Å². The van der Waals surface area contributed by atoms with Crippen LogP contribution in [0.15, 0.2) is 11.2 Å². The van der Waals surface area contributed by atoms with Gasteiger partial charge in [0, 0.05) is 40.9 Å². The second-order valence-electron chi connectivity index (χ2n) is 10.3. The van der Waals surface area contributed by atoms with Gasteiger partial charge >= 0.3 is 6.09 Å². The Kier molecular flexibility index (Phi) is 8.53. The Bertz CT molecular complexity index is 766.